The van der Waals surface area contributed by atoms with Crippen LogP contribution >= 0.6 is 0 Å². The molecule has 6 nitrogen and oxygen atoms in total. The molecule has 0 aliphatic rings. The molecule has 122 valence electrons. The Kier molecular flexibility index (Phi) is 3.95. The molecule has 3 rings (SSSR count). The summed E-state index contributed by atoms with van der Waals surface area (Å²) in [5, 5.41) is 12.0. The Bertz CT molecular complexity index is 920. The number of aliphatic carboxylic acids is 1. The summed E-state index contributed by atoms with van der Waals surface area (Å²) in [6, 6.07) is 11.1. The number of carboxylic acid groups (broad SMARTS) is 1. The predicted molar refractivity (Wildman–Crippen MR) is 90.6 cm³/mol. The predicted octanol–water partition coefficient (Wildman–Crippen LogP) is 3.60. The van der Waals surface area contributed by atoms with Gasteiger partial charge in [-0.05, 0) is 61.4 Å². The zero-order chi connectivity index (χ0) is 17.3. The Morgan fingerprint density at radius 3 is 2.46 bits per heavy atom. The Labute approximate surface area is 138 Å². The number of carbonyl (C=O) groups excluding carboxylic acids is 1. The molecule has 2 aromatic carbocycles. The number of aromatic amines is 1. The van der Waals surface area contributed by atoms with Crippen molar-refractivity contribution in [3.8, 4) is 11.5 Å². The van der Waals surface area contributed by atoms with Crippen LogP contribution in [0.1, 0.15) is 11.1 Å². The lowest BCUT2D eigenvalue weighted by Crippen LogP contribution is -2.21. The monoisotopic (exact) mass is 324 g/mol. The first-order valence-corrected chi connectivity index (χ1v) is 7.34. The summed E-state index contributed by atoms with van der Waals surface area (Å²) in [7, 11) is 0. The average Bonchev–Trinajstić information content (AvgIpc) is 2.98. The molecule has 3 aromatic rings. The number of amides is 1. The van der Waals surface area contributed by atoms with Crippen LogP contribution in [0.4, 0.5) is 5.69 Å². The molecular weight excluding hydrogens is 308 g/mol. The van der Waals surface area contributed by atoms with E-state index in [9.17, 15) is 9.59 Å². The number of carbonyl (C=O) groups is 2. The number of fused-ring (bicyclic) bond motifs is 1. The summed E-state index contributed by atoms with van der Waals surface area (Å²) in [6.07, 6.45) is 1.87. The zero-order valence-electron chi connectivity index (χ0n) is 13.2. The Hall–Kier alpha value is -3.28. The van der Waals surface area contributed by atoms with Crippen LogP contribution < -0.4 is 10.1 Å². The van der Waals surface area contributed by atoms with E-state index in [1.165, 1.54) is 0 Å². The second kappa shape index (κ2) is 6.08. The highest BCUT2D eigenvalue weighted by atomic mass is 16.5. The summed E-state index contributed by atoms with van der Waals surface area (Å²) < 4.78 is 5.98. The fraction of sp³-hybridized carbons (Fsp3) is 0.111. The quantitative estimate of drug-likeness (QED) is 0.642. The van der Waals surface area contributed by atoms with Gasteiger partial charge in [0, 0.05) is 22.8 Å². The van der Waals surface area contributed by atoms with Crippen LogP contribution in [-0.4, -0.2) is 22.0 Å². The van der Waals surface area contributed by atoms with Gasteiger partial charge in [0.2, 0.25) is 0 Å². The van der Waals surface area contributed by atoms with Gasteiger partial charge in [-0.3, -0.25) is 4.79 Å². The molecule has 0 aliphatic heterocycles. The van der Waals surface area contributed by atoms with Crippen molar-refractivity contribution in [1.82, 2.24) is 4.98 Å². The summed E-state index contributed by atoms with van der Waals surface area (Å²) in [4.78, 5) is 25.0. The number of anilines is 1. The van der Waals surface area contributed by atoms with Gasteiger partial charge in [-0.15, -0.1) is 0 Å². The number of ether oxygens (including phenoxy) is 1. The Morgan fingerprint density at radius 2 is 1.79 bits per heavy atom. The van der Waals surface area contributed by atoms with E-state index in [-0.39, 0.29) is 0 Å². The van der Waals surface area contributed by atoms with Crippen molar-refractivity contribution in [2.75, 3.05) is 5.32 Å². The summed E-state index contributed by atoms with van der Waals surface area (Å²) in [6.45, 7) is 3.68. The second-order valence-corrected chi connectivity index (χ2v) is 5.53. The molecule has 24 heavy (non-hydrogen) atoms. The number of aromatic nitrogens is 1. The lowest BCUT2D eigenvalue weighted by molar-refractivity contribution is -0.147. The fourth-order valence-electron chi connectivity index (χ4n) is 2.58. The van der Waals surface area contributed by atoms with Crippen molar-refractivity contribution in [3.63, 3.8) is 0 Å². The van der Waals surface area contributed by atoms with E-state index in [1.807, 2.05) is 44.3 Å². The number of H-pyrrole nitrogens is 1. The van der Waals surface area contributed by atoms with Gasteiger partial charge >= 0.3 is 11.9 Å². The van der Waals surface area contributed by atoms with Crippen molar-refractivity contribution in [2.45, 2.75) is 13.8 Å². The molecule has 1 heterocycles. The van der Waals surface area contributed by atoms with E-state index in [1.54, 1.807) is 12.1 Å². The summed E-state index contributed by atoms with van der Waals surface area (Å²) in [5.74, 6) is -1.21. The van der Waals surface area contributed by atoms with Gasteiger partial charge in [0.15, 0.2) is 0 Å². The van der Waals surface area contributed by atoms with Gasteiger partial charge < -0.3 is 20.1 Å². The minimum absolute atomic E-state index is 0.422. The molecule has 1 aromatic heterocycles. The molecule has 3 N–H and O–H groups in total. The molecule has 0 fully saturated rings. The Balaban J connectivity index is 1.87. The van der Waals surface area contributed by atoms with Crippen LogP contribution in [0.25, 0.3) is 10.9 Å². The standard InChI is InChI=1S/C18H16N2O4/c1-10-7-13(20-17(21)18(22)23)8-11(2)16(10)24-14-3-4-15-12(9-14)5-6-19-15/h3-9,19H,1-2H3,(H,20,21)(H,22,23). The van der Waals surface area contributed by atoms with Crippen LogP contribution in [0.15, 0.2) is 42.6 Å². The zero-order valence-corrected chi connectivity index (χ0v) is 13.2. The highest BCUT2D eigenvalue weighted by molar-refractivity contribution is 6.36. The molecule has 0 saturated carbocycles. The molecule has 6 heteroatoms. The lowest BCUT2D eigenvalue weighted by atomic mass is 10.1. The first-order chi connectivity index (χ1) is 11.4. The van der Waals surface area contributed by atoms with E-state index in [2.05, 4.69) is 10.3 Å². The van der Waals surface area contributed by atoms with Crippen molar-refractivity contribution < 1.29 is 19.4 Å². The minimum Gasteiger partial charge on any atom is -0.474 e. The molecule has 0 aliphatic carbocycles. The highest BCUT2D eigenvalue weighted by Gasteiger charge is 2.14. The Morgan fingerprint density at radius 1 is 1.08 bits per heavy atom. The normalized spacial score (nSPS) is 10.6. The molecule has 0 radical (unpaired) electrons. The molecular formula is C18H16N2O4. The van der Waals surface area contributed by atoms with E-state index in [0.717, 1.165) is 22.0 Å². The van der Waals surface area contributed by atoms with Crippen molar-refractivity contribution in [1.29, 1.82) is 0 Å². The van der Waals surface area contributed by atoms with Crippen LogP contribution in [0.2, 0.25) is 0 Å². The minimum atomic E-state index is -1.52. The van der Waals surface area contributed by atoms with Crippen LogP contribution in [0.5, 0.6) is 11.5 Å². The van der Waals surface area contributed by atoms with E-state index in [4.69, 9.17) is 9.84 Å². The largest absolute Gasteiger partial charge is 0.474 e. The van der Waals surface area contributed by atoms with Gasteiger partial charge in [0.05, 0.1) is 0 Å². The van der Waals surface area contributed by atoms with E-state index < -0.39 is 11.9 Å². The second-order valence-electron chi connectivity index (χ2n) is 5.53. The smallest absolute Gasteiger partial charge is 0.394 e. The van der Waals surface area contributed by atoms with Crippen molar-refractivity contribution >= 4 is 28.5 Å². The van der Waals surface area contributed by atoms with Crippen molar-refractivity contribution in [2.24, 2.45) is 0 Å². The van der Waals surface area contributed by atoms with E-state index >= 15 is 0 Å². The third-order valence-corrected chi connectivity index (χ3v) is 3.66. The first-order valence-electron chi connectivity index (χ1n) is 7.34. The molecule has 0 saturated heterocycles. The van der Waals surface area contributed by atoms with Crippen LogP contribution in [-0.2, 0) is 9.59 Å². The van der Waals surface area contributed by atoms with E-state index in [0.29, 0.717) is 17.2 Å². The van der Waals surface area contributed by atoms with Crippen molar-refractivity contribution in [3.05, 3.63) is 53.7 Å². The number of benzene rings is 2. The third kappa shape index (κ3) is 3.08. The number of rotatable bonds is 3. The van der Waals surface area contributed by atoms with Gasteiger partial charge in [-0.25, -0.2) is 4.79 Å². The molecule has 0 atom stereocenters. The van der Waals surface area contributed by atoms with Gasteiger partial charge in [-0.2, -0.15) is 0 Å². The fourth-order valence-corrected chi connectivity index (χ4v) is 2.58. The van der Waals surface area contributed by atoms with Crippen LogP contribution in [0.3, 0.4) is 0 Å². The summed E-state index contributed by atoms with van der Waals surface area (Å²) >= 11 is 0. The highest BCUT2D eigenvalue weighted by Crippen LogP contribution is 2.32. The molecule has 0 spiro atoms. The molecule has 0 unspecified atom stereocenters. The number of aryl methyl sites for hydroxylation is 2. The number of carboxylic acids is 1. The van der Waals surface area contributed by atoms with Gasteiger partial charge in [-0.1, -0.05) is 0 Å². The third-order valence-electron chi connectivity index (χ3n) is 3.66. The summed E-state index contributed by atoms with van der Waals surface area (Å²) in [5.41, 5.74) is 3.04. The topological polar surface area (TPSA) is 91.4 Å². The maximum Gasteiger partial charge on any atom is 0.394 e. The first kappa shape index (κ1) is 15.6. The SMILES string of the molecule is Cc1cc(NC(=O)C(=O)O)cc(C)c1Oc1ccc2[nH]ccc2c1. The molecule has 1 amide bonds. The maximum atomic E-state index is 11.3. The van der Waals surface area contributed by atoms with Gasteiger partial charge in [0.1, 0.15) is 11.5 Å². The number of hydrogen-bond acceptors (Lipinski definition) is 3. The lowest BCUT2D eigenvalue weighted by Gasteiger charge is -2.14. The molecule has 0 bridgehead atoms. The average molecular weight is 324 g/mol. The number of nitrogens with one attached hydrogen (secondary N) is 2. The number of hydrogen-bond donors (Lipinski definition) is 3. The van der Waals surface area contributed by atoms with Gasteiger partial charge in [0.25, 0.3) is 0 Å². The maximum absolute atomic E-state index is 11.3. The van der Waals surface area contributed by atoms with Crippen LogP contribution in [0, 0.1) is 13.8 Å².